The molecule has 1 aromatic heterocycles. The van der Waals surface area contributed by atoms with E-state index in [1.165, 1.54) is 6.07 Å². The number of amides is 1. The Balaban J connectivity index is 1.41. The molecule has 2 aliphatic rings. The summed E-state index contributed by atoms with van der Waals surface area (Å²) in [7, 11) is 2.00. The third-order valence-electron chi connectivity index (χ3n) is 5.78. The molecule has 1 atom stereocenters. The smallest absolute Gasteiger partial charge is 0.252 e. The van der Waals surface area contributed by atoms with Gasteiger partial charge in [0.05, 0.1) is 11.1 Å². The maximum absolute atomic E-state index is 13.2. The van der Waals surface area contributed by atoms with Crippen molar-refractivity contribution in [3.63, 3.8) is 0 Å². The molecular formula is C20H25N5O2. The normalized spacial score (nSPS) is 20.8. The number of nitrogens with zero attached hydrogens (tertiary/aromatic N) is 3. The van der Waals surface area contributed by atoms with Gasteiger partial charge in [0.1, 0.15) is 0 Å². The molecule has 4 rings (SSSR count). The van der Waals surface area contributed by atoms with E-state index in [1.807, 2.05) is 30.1 Å². The molecule has 2 heterocycles. The van der Waals surface area contributed by atoms with Crippen molar-refractivity contribution in [1.82, 2.24) is 19.8 Å². The second-order valence-electron chi connectivity index (χ2n) is 7.68. The van der Waals surface area contributed by atoms with E-state index in [4.69, 9.17) is 5.73 Å². The van der Waals surface area contributed by atoms with Crippen LogP contribution in [0.3, 0.4) is 0 Å². The first-order valence-corrected chi connectivity index (χ1v) is 9.39. The Morgan fingerprint density at radius 3 is 2.78 bits per heavy atom. The standard InChI is InChI=1S/C20H25N5O2/c1-24(12-15-11-17(26)23-19(21)22-15)16-7-10-25(13-16)18(27)20(8-9-20)14-5-3-2-4-6-14/h2-6,11,16H,7-10,12-13H2,1H3,(H3,21,22,23,26). The predicted octanol–water partition coefficient (Wildman–Crippen LogP) is 1.12. The van der Waals surface area contributed by atoms with E-state index in [9.17, 15) is 9.59 Å². The molecule has 7 heteroatoms. The van der Waals surface area contributed by atoms with Crippen LogP contribution in [0.4, 0.5) is 5.95 Å². The van der Waals surface area contributed by atoms with Crippen LogP contribution in [-0.2, 0) is 16.8 Å². The monoisotopic (exact) mass is 367 g/mol. The number of aromatic amines is 1. The molecule has 1 aromatic carbocycles. The van der Waals surface area contributed by atoms with Crippen LogP contribution in [0.15, 0.2) is 41.2 Å². The number of H-pyrrole nitrogens is 1. The molecule has 0 radical (unpaired) electrons. The van der Waals surface area contributed by atoms with E-state index in [0.29, 0.717) is 18.8 Å². The minimum Gasteiger partial charge on any atom is -0.369 e. The molecule has 1 aliphatic heterocycles. The van der Waals surface area contributed by atoms with E-state index in [-0.39, 0.29) is 28.9 Å². The summed E-state index contributed by atoms with van der Waals surface area (Å²) in [5, 5.41) is 0. The Hall–Kier alpha value is -2.67. The average molecular weight is 367 g/mol. The van der Waals surface area contributed by atoms with Crippen LogP contribution in [-0.4, -0.2) is 51.9 Å². The molecule has 1 saturated heterocycles. The highest BCUT2D eigenvalue weighted by molar-refractivity contribution is 5.91. The zero-order chi connectivity index (χ0) is 19.0. The summed E-state index contributed by atoms with van der Waals surface area (Å²) in [6, 6.07) is 11.8. The van der Waals surface area contributed by atoms with Crippen molar-refractivity contribution >= 4 is 11.9 Å². The highest BCUT2D eigenvalue weighted by Crippen LogP contribution is 2.50. The topological polar surface area (TPSA) is 95.3 Å². The first kappa shape index (κ1) is 17.7. The van der Waals surface area contributed by atoms with Gasteiger partial charge in [0, 0.05) is 31.7 Å². The summed E-state index contributed by atoms with van der Waals surface area (Å²) < 4.78 is 0. The second-order valence-corrected chi connectivity index (χ2v) is 7.68. The van der Waals surface area contributed by atoms with Crippen molar-refractivity contribution in [2.45, 2.75) is 37.3 Å². The zero-order valence-electron chi connectivity index (χ0n) is 15.5. The van der Waals surface area contributed by atoms with Gasteiger partial charge in [0.25, 0.3) is 5.56 Å². The lowest BCUT2D eigenvalue weighted by Gasteiger charge is -2.26. The predicted molar refractivity (Wildman–Crippen MR) is 103 cm³/mol. The van der Waals surface area contributed by atoms with Crippen LogP contribution in [0.5, 0.6) is 0 Å². The van der Waals surface area contributed by atoms with E-state index >= 15 is 0 Å². The first-order chi connectivity index (χ1) is 13.0. The molecule has 142 valence electrons. The Morgan fingerprint density at radius 2 is 2.11 bits per heavy atom. The largest absolute Gasteiger partial charge is 0.369 e. The quantitative estimate of drug-likeness (QED) is 0.826. The lowest BCUT2D eigenvalue weighted by Crippen LogP contribution is -2.40. The highest BCUT2D eigenvalue weighted by Gasteiger charge is 2.53. The van der Waals surface area contributed by atoms with Gasteiger partial charge in [0.15, 0.2) is 0 Å². The third kappa shape index (κ3) is 3.47. The number of hydrogen-bond donors (Lipinski definition) is 2. The first-order valence-electron chi connectivity index (χ1n) is 9.39. The molecule has 3 N–H and O–H groups in total. The summed E-state index contributed by atoms with van der Waals surface area (Å²) in [5.41, 5.74) is 6.85. The summed E-state index contributed by atoms with van der Waals surface area (Å²) in [4.78, 5) is 35.5. The van der Waals surface area contributed by atoms with Crippen LogP contribution in [0, 0.1) is 0 Å². The summed E-state index contributed by atoms with van der Waals surface area (Å²) in [6.45, 7) is 2.01. The maximum atomic E-state index is 13.2. The maximum Gasteiger partial charge on any atom is 0.252 e. The van der Waals surface area contributed by atoms with E-state index in [2.05, 4.69) is 27.0 Å². The van der Waals surface area contributed by atoms with Crippen molar-refractivity contribution < 1.29 is 4.79 Å². The van der Waals surface area contributed by atoms with Crippen molar-refractivity contribution in [2.75, 3.05) is 25.9 Å². The number of benzene rings is 1. The Bertz CT molecular complexity index is 891. The number of anilines is 1. The van der Waals surface area contributed by atoms with Crippen molar-refractivity contribution in [1.29, 1.82) is 0 Å². The van der Waals surface area contributed by atoms with Gasteiger partial charge in [-0.2, -0.15) is 0 Å². The van der Waals surface area contributed by atoms with Gasteiger partial charge in [-0.25, -0.2) is 4.98 Å². The number of nitrogens with two attached hydrogens (primary N) is 1. The molecule has 0 bridgehead atoms. The molecule has 0 spiro atoms. The molecule has 1 aliphatic carbocycles. The van der Waals surface area contributed by atoms with Crippen LogP contribution < -0.4 is 11.3 Å². The molecule has 27 heavy (non-hydrogen) atoms. The molecule has 7 nitrogen and oxygen atoms in total. The number of aromatic nitrogens is 2. The Labute approximate surface area is 158 Å². The minimum atomic E-state index is -0.308. The number of carbonyl (C=O) groups excluding carboxylic acids is 1. The molecule has 2 aromatic rings. The fourth-order valence-corrected chi connectivity index (χ4v) is 4.09. The third-order valence-corrected chi connectivity index (χ3v) is 5.78. The van der Waals surface area contributed by atoms with Crippen molar-refractivity contribution in [3.8, 4) is 0 Å². The summed E-state index contributed by atoms with van der Waals surface area (Å²) in [5.74, 6) is 0.385. The molecular weight excluding hydrogens is 342 g/mol. The van der Waals surface area contributed by atoms with Gasteiger partial charge < -0.3 is 10.6 Å². The summed E-state index contributed by atoms with van der Waals surface area (Å²) in [6.07, 6.45) is 2.79. The molecule has 1 amide bonds. The van der Waals surface area contributed by atoms with Crippen LogP contribution in [0.1, 0.15) is 30.5 Å². The van der Waals surface area contributed by atoms with Gasteiger partial charge in [-0.1, -0.05) is 30.3 Å². The lowest BCUT2D eigenvalue weighted by atomic mass is 9.94. The molecule has 2 fully saturated rings. The molecule has 1 unspecified atom stereocenters. The van der Waals surface area contributed by atoms with Crippen LogP contribution in [0.25, 0.3) is 0 Å². The fraction of sp³-hybridized carbons (Fsp3) is 0.450. The number of carbonyl (C=O) groups is 1. The van der Waals surface area contributed by atoms with E-state index < -0.39 is 0 Å². The SMILES string of the molecule is CN(Cc1cc(=O)[nH]c(N)n1)C1CCN(C(=O)C2(c3ccccc3)CC2)C1. The van der Waals surface area contributed by atoms with Gasteiger partial charge >= 0.3 is 0 Å². The number of likely N-dealkylation sites (N-methyl/N-ethyl adjacent to an activating group) is 1. The van der Waals surface area contributed by atoms with Crippen molar-refractivity contribution in [3.05, 3.63) is 58.0 Å². The number of nitrogens with one attached hydrogen (secondary N) is 1. The number of rotatable bonds is 5. The average Bonchev–Trinajstić information content (AvgIpc) is 3.30. The number of likely N-dealkylation sites (tertiary alicyclic amines) is 1. The van der Waals surface area contributed by atoms with Crippen LogP contribution in [0.2, 0.25) is 0 Å². The van der Waals surface area contributed by atoms with Gasteiger partial charge in [-0.05, 0) is 31.9 Å². The molecule has 1 saturated carbocycles. The number of nitrogen functional groups attached to an aromatic ring is 1. The van der Waals surface area contributed by atoms with Crippen molar-refractivity contribution in [2.24, 2.45) is 0 Å². The number of hydrogen-bond acceptors (Lipinski definition) is 5. The Morgan fingerprint density at radius 1 is 1.37 bits per heavy atom. The van der Waals surface area contributed by atoms with E-state index in [0.717, 1.165) is 31.4 Å². The highest BCUT2D eigenvalue weighted by atomic mass is 16.2. The fourth-order valence-electron chi connectivity index (χ4n) is 4.09. The zero-order valence-corrected chi connectivity index (χ0v) is 15.5. The van der Waals surface area contributed by atoms with Gasteiger partial charge in [0.2, 0.25) is 11.9 Å². The van der Waals surface area contributed by atoms with E-state index in [1.54, 1.807) is 0 Å². The lowest BCUT2D eigenvalue weighted by molar-refractivity contribution is -0.133. The minimum absolute atomic E-state index is 0.132. The second kappa shape index (κ2) is 6.81. The Kier molecular flexibility index (Phi) is 4.47. The van der Waals surface area contributed by atoms with Crippen LogP contribution >= 0.6 is 0 Å². The van der Waals surface area contributed by atoms with Gasteiger partial charge in [-0.3, -0.25) is 19.5 Å². The summed E-state index contributed by atoms with van der Waals surface area (Å²) >= 11 is 0. The van der Waals surface area contributed by atoms with Gasteiger partial charge in [-0.15, -0.1) is 0 Å².